The highest BCUT2D eigenvalue weighted by atomic mass is 16.5. The second-order valence-electron chi connectivity index (χ2n) is 3.06. The largest absolute Gasteiger partial charge is 0.493 e. The maximum atomic E-state index is 10.2. The summed E-state index contributed by atoms with van der Waals surface area (Å²) in [4.78, 5) is 10.2. The summed E-state index contributed by atoms with van der Waals surface area (Å²) >= 11 is 0. The number of hydrogen-bond donors (Lipinski definition) is 0. The number of benzene rings is 1. The van der Waals surface area contributed by atoms with E-state index in [-0.39, 0.29) is 0 Å². The Labute approximate surface area is 87.0 Å². The number of methoxy groups -OCH3 is 1. The van der Waals surface area contributed by atoms with Gasteiger partial charge in [0.25, 0.3) is 0 Å². The molecule has 1 heterocycles. The number of allylic oxidation sites excluding steroid dienone is 1. The third-order valence-electron chi connectivity index (χ3n) is 2.13. The van der Waals surface area contributed by atoms with Crippen molar-refractivity contribution in [2.24, 2.45) is 0 Å². The molecule has 76 valence electrons. The minimum absolute atomic E-state index is 0.669. The van der Waals surface area contributed by atoms with E-state index >= 15 is 0 Å². The van der Waals surface area contributed by atoms with Crippen LogP contribution in [0.25, 0.3) is 17.0 Å². The highest BCUT2D eigenvalue weighted by molar-refractivity contribution is 5.87. The molecule has 0 atom stereocenters. The Morgan fingerprint density at radius 1 is 1.40 bits per heavy atom. The first-order chi connectivity index (χ1) is 7.35. The summed E-state index contributed by atoms with van der Waals surface area (Å²) in [5.41, 5.74) is 1.63. The Morgan fingerprint density at radius 2 is 2.27 bits per heavy atom. The first-order valence-electron chi connectivity index (χ1n) is 4.52. The topological polar surface area (TPSA) is 39.4 Å². The molecule has 0 aliphatic rings. The molecule has 0 radical (unpaired) electrons. The Kier molecular flexibility index (Phi) is 2.54. The van der Waals surface area contributed by atoms with Gasteiger partial charge in [-0.1, -0.05) is 6.08 Å². The molecule has 0 amide bonds. The van der Waals surface area contributed by atoms with Crippen molar-refractivity contribution < 1.29 is 13.9 Å². The van der Waals surface area contributed by atoms with Gasteiger partial charge in [-0.25, -0.2) is 0 Å². The molecule has 2 aromatic rings. The van der Waals surface area contributed by atoms with Crippen molar-refractivity contribution in [3.8, 4) is 5.75 Å². The monoisotopic (exact) mass is 202 g/mol. The molecule has 1 aromatic carbocycles. The van der Waals surface area contributed by atoms with E-state index in [1.54, 1.807) is 19.4 Å². The number of carbonyl (C=O) groups is 1. The zero-order chi connectivity index (χ0) is 10.7. The van der Waals surface area contributed by atoms with Crippen molar-refractivity contribution in [1.29, 1.82) is 0 Å². The maximum absolute atomic E-state index is 10.2. The van der Waals surface area contributed by atoms with E-state index in [1.165, 1.54) is 6.08 Å². The molecule has 3 heteroatoms. The van der Waals surface area contributed by atoms with Crippen molar-refractivity contribution in [3.63, 3.8) is 0 Å². The molecule has 0 unspecified atom stereocenters. The summed E-state index contributed by atoms with van der Waals surface area (Å²) in [6.07, 6.45) is 5.52. The van der Waals surface area contributed by atoms with Crippen LogP contribution in [0.4, 0.5) is 0 Å². The average Bonchev–Trinajstić information content (AvgIpc) is 2.73. The van der Waals surface area contributed by atoms with Crippen LogP contribution in [-0.2, 0) is 4.79 Å². The summed E-state index contributed by atoms with van der Waals surface area (Å²) in [5.74, 6) is 0.669. The van der Waals surface area contributed by atoms with Crippen LogP contribution >= 0.6 is 0 Å². The molecule has 2 rings (SSSR count). The predicted octanol–water partition coefficient (Wildman–Crippen LogP) is 2.65. The summed E-state index contributed by atoms with van der Waals surface area (Å²) in [6.45, 7) is 0. The molecule has 0 saturated heterocycles. The van der Waals surface area contributed by atoms with Crippen LogP contribution in [0.3, 0.4) is 0 Å². The van der Waals surface area contributed by atoms with Gasteiger partial charge in [0, 0.05) is 5.39 Å². The third kappa shape index (κ3) is 1.76. The minimum Gasteiger partial charge on any atom is -0.493 e. The highest BCUT2D eigenvalue weighted by Crippen LogP contribution is 2.28. The molecule has 0 aliphatic heterocycles. The molecule has 0 bridgehead atoms. The fourth-order valence-electron chi connectivity index (χ4n) is 1.47. The molecular formula is C12H10O3. The van der Waals surface area contributed by atoms with Crippen molar-refractivity contribution in [2.75, 3.05) is 7.11 Å². The van der Waals surface area contributed by atoms with Crippen LogP contribution in [0.2, 0.25) is 0 Å². The van der Waals surface area contributed by atoms with Crippen LogP contribution in [0, 0.1) is 0 Å². The van der Waals surface area contributed by atoms with Gasteiger partial charge in [0.05, 0.1) is 13.4 Å². The normalized spacial score (nSPS) is 11.0. The maximum Gasteiger partial charge on any atom is 0.175 e. The number of hydrogen-bond acceptors (Lipinski definition) is 3. The molecule has 0 N–H and O–H groups in total. The van der Waals surface area contributed by atoms with Gasteiger partial charge < -0.3 is 9.15 Å². The Hall–Kier alpha value is -2.03. The average molecular weight is 202 g/mol. The molecule has 0 spiro atoms. The van der Waals surface area contributed by atoms with Crippen LogP contribution in [0.5, 0.6) is 5.75 Å². The van der Waals surface area contributed by atoms with Crippen LogP contribution < -0.4 is 4.74 Å². The van der Waals surface area contributed by atoms with E-state index in [4.69, 9.17) is 9.15 Å². The number of ether oxygens (including phenoxy) is 1. The van der Waals surface area contributed by atoms with E-state index in [9.17, 15) is 4.79 Å². The van der Waals surface area contributed by atoms with E-state index < -0.39 is 0 Å². The van der Waals surface area contributed by atoms with Crippen molar-refractivity contribution in [1.82, 2.24) is 0 Å². The van der Waals surface area contributed by atoms with Crippen molar-refractivity contribution in [3.05, 3.63) is 36.1 Å². The van der Waals surface area contributed by atoms with Crippen LogP contribution in [-0.4, -0.2) is 13.4 Å². The number of aldehydes is 1. The second kappa shape index (κ2) is 4.00. The third-order valence-corrected chi connectivity index (χ3v) is 2.13. The number of rotatable bonds is 3. The van der Waals surface area contributed by atoms with Gasteiger partial charge in [-0.3, -0.25) is 4.79 Å². The fraction of sp³-hybridized carbons (Fsp3) is 0.0833. The lowest BCUT2D eigenvalue weighted by Gasteiger charge is -2.02. The molecular weight excluding hydrogens is 192 g/mol. The van der Waals surface area contributed by atoms with Crippen LogP contribution in [0.15, 0.2) is 35.0 Å². The van der Waals surface area contributed by atoms with Gasteiger partial charge in [0.2, 0.25) is 0 Å². The predicted molar refractivity (Wildman–Crippen MR) is 57.9 cm³/mol. The minimum atomic E-state index is 0.669. The first-order valence-corrected chi connectivity index (χ1v) is 4.52. The second-order valence-corrected chi connectivity index (χ2v) is 3.06. The Bertz CT molecular complexity index is 509. The quantitative estimate of drug-likeness (QED) is 0.567. The zero-order valence-corrected chi connectivity index (χ0v) is 8.27. The Balaban J connectivity index is 2.58. The fourth-order valence-corrected chi connectivity index (χ4v) is 1.47. The van der Waals surface area contributed by atoms with Gasteiger partial charge in [0.1, 0.15) is 6.29 Å². The van der Waals surface area contributed by atoms with Gasteiger partial charge in [-0.2, -0.15) is 0 Å². The summed E-state index contributed by atoms with van der Waals surface area (Å²) in [5, 5.41) is 0.958. The number of fused-ring (bicyclic) bond motifs is 1. The summed E-state index contributed by atoms with van der Waals surface area (Å²) in [7, 11) is 1.59. The number of furan rings is 1. The van der Waals surface area contributed by atoms with Gasteiger partial charge in [-0.05, 0) is 29.8 Å². The van der Waals surface area contributed by atoms with Gasteiger partial charge >= 0.3 is 0 Å². The molecule has 0 saturated carbocycles. The lowest BCUT2D eigenvalue weighted by Crippen LogP contribution is -1.84. The molecule has 1 aromatic heterocycles. The highest BCUT2D eigenvalue weighted by Gasteiger charge is 2.05. The van der Waals surface area contributed by atoms with E-state index in [0.717, 1.165) is 22.8 Å². The SMILES string of the molecule is COc1cc(C=CC=O)cc2ccoc12. The summed E-state index contributed by atoms with van der Waals surface area (Å²) in [6, 6.07) is 5.61. The molecule has 0 fully saturated rings. The van der Waals surface area contributed by atoms with Gasteiger partial charge in [0.15, 0.2) is 11.3 Å². The molecule has 15 heavy (non-hydrogen) atoms. The molecule has 3 nitrogen and oxygen atoms in total. The standard InChI is InChI=1S/C12H10O3/c1-14-11-8-9(3-2-5-13)7-10-4-6-15-12(10)11/h2-8H,1H3. The van der Waals surface area contributed by atoms with Crippen LogP contribution in [0.1, 0.15) is 5.56 Å². The molecule has 0 aliphatic carbocycles. The van der Waals surface area contributed by atoms with E-state index in [2.05, 4.69) is 0 Å². The zero-order valence-electron chi connectivity index (χ0n) is 8.27. The smallest absolute Gasteiger partial charge is 0.175 e. The Morgan fingerprint density at radius 3 is 3.00 bits per heavy atom. The van der Waals surface area contributed by atoms with Gasteiger partial charge in [-0.15, -0.1) is 0 Å². The van der Waals surface area contributed by atoms with Crippen molar-refractivity contribution in [2.45, 2.75) is 0 Å². The number of carbonyl (C=O) groups excluding carboxylic acids is 1. The van der Waals surface area contributed by atoms with E-state index in [0.29, 0.717) is 5.75 Å². The summed E-state index contributed by atoms with van der Waals surface area (Å²) < 4.78 is 10.5. The first kappa shape index (κ1) is 9.52. The lowest BCUT2D eigenvalue weighted by molar-refractivity contribution is -0.104. The lowest BCUT2D eigenvalue weighted by atomic mass is 10.1. The van der Waals surface area contributed by atoms with Crippen molar-refractivity contribution >= 4 is 23.3 Å². The van der Waals surface area contributed by atoms with E-state index in [1.807, 2.05) is 18.2 Å².